The van der Waals surface area contributed by atoms with Crippen LogP contribution < -0.4 is 4.90 Å². The minimum Gasteiger partial charge on any atom is -0.381 e. The summed E-state index contributed by atoms with van der Waals surface area (Å²) >= 11 is 0. The highest BCUT2D eigenvalue weighted by molar-refractivity contribution is 5.60. The van der Waals surface area contributed by atoms with E-state index in [9.17, 15) is 9.50 Å². The van der Waals surface area contributed by atoms with Crippen molar-refractivity contribution in [1.29, 1.82) is 5.26 Å². The lowest BCUT2D eigenvalue weighted by Gasteiger charge is -2.23. The molecule has 3 rings (SSSR count). The van der Waals surface area contributed by atoms with Crippen LogP contribution in [-0.4, -0.2) is 33.6 Å². The van der Waals surface area contributed by atoms with Gasteiger partial charge in [0.15, 0.2) is 0 Å². The molecule has 0 radical (unpaired) electrons. The second-order valence-electron chi connectivity index (χ2n) is 4.80. The SMILES string of the molecule is N#Cc1c(F)cccc1N1CC[C@@](O)(c2cn[nH]n2)C1. The van der Waals surface area contributed by atoms with Crippen LogP contribution >= 0.6 is 0 Å². The first kappa shape index (κ1) is 12.6. The number of aromatic amines is 1. The van der Waals surface area contributed by atoms with E-state index in [-0.39, 0.29) is 12.1 Å². The quantitative estimate of drug-likeness (QED) is 0.849. The zero-order valence-electron chi connectivity index (χ0n) is 10.5. The monoisotopic (exact) mass is 273 g/mol. The normalized spacial score (nSPS) is 21.9. The zero-order chi connectivity index (χ0) is 14.2. The highest BCUT2D eigenvalue weighted by atomic mass is 19.1. The minimum absolute atomic E-state index is 0.00287. The van der Waals surface area contributed by atoms with Gasteiger partial charge in [0.25, 0.3) is 0 Å². The number of β-amino-alcohol motifs (C(OH)–C–C–N with tert-alkyl or cyclic N) is 1. The molecule has 0 saturated carbocycles. The van der Waals surface area contributed by atoms with E-state index in [2.05, 4.69) is 15.4 Å². The maximum Gasteiger partial charge on any atom is 0.143 e. The van der Waals surface area contributed by atoms with E-state index in [4.69, 9.17) is 5.26 Å². The molecule has 1 aromatic carbocycles. The summed E-state index contributed by atoms with van der Waals surface area (Å²) in [4.78, 5) is 1.79. The van der Waals surface area contributed by atoms with Gasteiger partial charge in [0.05, 0.1) is 18.4 Å². The van der Waals surface area contributed by atoms with Gasteiger partial charge in [-0.25, -0.2) is 4.39 Å². The van der Waals surface area contributed by atoms with Crippen molar-refractivity contribution in [2.45, 2.75) is 12.0 Å². The summed E-state index contributed by atoms with van der Waals surface area (Å²) < 4.78 is 13.6. The van der Waals surface area contributed by atoms with Crippen LogP contribution in [0.2, 0.25) is 0 Å². The molecule has 0 amide bonds. The first-order chi connectivity index (χ1) is 9.64. The van der Waals surface area contributed by atoms with Gasteiger partial charge in [-0.1, -0.05) is 6.07 Å². The van der Waals surface area contributed by atoms with E-state index in [0.29, 0.717) is 24.3 Å². The lowest BCUT2D eigenvalue weighted by molar-refractivity contribution is 0.0560. The summed E-state index contributed by atoms with van der Waals surface area (Å²) in [5, 5.41) is 29.7. The Kier molecular flexibility index (Phi) is 2.88. The van der Waals surface area contributed by atoms with Gasteiger partial charge >= 0.3 is 0 Å². The number of nitriles is 1. The fourth-order valence-corrected chi connectivity index (χ4v) is 2.52. The van der Waals surface area contributed by atoms with Gasteiger partial charge in [-0.15, -0.1) is 0 Å². The van der Waals surface area contributed by atoms with Crippen molar-refractivity contribution in [3.8, 4) is 6.07 Å². The summed E-state index contributed by atoms with van der Waals surface area (Å²) in [5.41, 5.74) is -0.190. The number of aromatic nitrogens is 3. The van der Waals surface area contributed by atoms with E-state index in [1.165, 1.54) is 12.3 Å². The molecular weight excluding hydrogens is 261 g/mol. The van der Waals surface area contributed by atoms with Crippen LogP contribution in [0.1, 0.15) is 17.7 Å². The second kappa shape index (κ2) is 4.58. The summed E-state index contributed by atoms with van der Waals surface area (Å²) in [6.45, 7) is 0.763. The zero-order valence-corrected chi connectivity index (χ0v) is 10.5. The first-order valence-electron chi connectivity index (χ1n) is 6.16. The molecule has 6 nitrogen and oxygen atoms in total. The standard InChI is InChI=1S/C13H12FN5O/c14-10-2-1-3-11(9(10)6-15)19-5-4-13(20,8-19)12-7-16-18-17-12/h1-3,7,20H,4-5,8H2,(H,16,17,18)/t13-/m0/s1. The van der Waals surface area contributed by atoms with Gasteiger partial charge in [-0.2, -0.15) is 20.7 Å². The Morgan fingerprint density at radius 3 is 3.05 bits per heavy atom. The van der Waals surface area contributed by atoms with E-state index in [1.54, 1.807) is 17.0 Å². The molecule has 20 heavy (non-hydrogen) atoms. The molecule has 2 N–H and O–H groups in total. The molecule has 1 fully saturated rings. The largest absolute Gasteiger partial charge is 0.381 e. The Labute approximate surface area is 114 Å². The molecule has 0 spiro atoms. The Morgan fingerprint density at radius 1 is 1.50 bits per heavy atom. The van der Waals surface area contributed by atoms with Crippen LogP contribution in [0.15, 0.2) is 24.4 Å². The third-order valence-corrected chi connectivity index (χ3v) is 3.58. The average molecular weight is 273 g/mol. The third kappa shape index (κ3) is 1.90. The maximum absolute atomic E-state index is 13.6. The second-order valence-corrected chi connectivity index (χ2v) is 4.80. The number of nitrogens with zero attached hydrogens (tertiary/aromatic N) is 4. The number of hydrogen-bond acceptors (Lipinski definition) is 5. The molecular formula is C13H12FN5O. The highest BCUT2D eigenvalue weighted by Gasteiger charge is 2.40. The van der Waals surface area contributed by atoms with Crippen molar-refractivity contribution in [2.24, 2.45) is 0 Å². The van der Waals surface area contributed by atoms with Crippen molar-refractivity contribution in [1.82, 2.24) is 15.4 Å². The van der Waals surface area contributed by atoms with E-state index >= 15 is 0 Å². The summed E-state index contributed by atoms with van der Waals surface area (Å²) in [6.07, 6.45) is 1.92. The highest BCUT2D eigenvalue weighted by Crippen LogP contribution is 2.34. The molecule has 2 aromatic rings. The maximum atomic E-state index is 13.6. The van der Waals surface area contributed by atoms with Crippen LogP contribution in [-0.2, 0) is 5.60 Å². The predicted octanol–water partition coefficient (Wildman–Crippen LogP) is 0.913. The number of nitrogens with one attached hydrogen (secondary N) is 1. The number of H-pyrrole nitrogens is 1. The molecule has 1 aliphatic heterocycles. The van der Waals surface area contributed by atoms with Crippen LogP contribution in [0.5, 0.6) is 0 Å². The Bertz CT molecular complexity index is 666. The van der Waals surface area contributed by atoms with Crippen molar-refractivity contribution in [3.63, 3.8) is 0 Å². The molecule has 7 heteroatoms. The number of halogens is 1. The van der Waals surface area contributed by atoms with E-state index in [1.807, 2.05) is 6.07 Å². The molecule has 102 valence electrons. The third-order valence-electron chi connectivity index (χ3n) is 3.58. The Balaban J connectivity index is 1.92. The van der Waals surface area contributed by atoms with Gasteiger partial charge in [0, 0.05) is 13.0 Å². The lowest BCUT2D eigenvalue weighted by atomic mass is 10.00. The van der Waals surface area contributed by atoms with Gasteiger partial charge in [0.1, 0.15) is 28.7 Å². The van der Waals surface area contributed by atoms with E-state index < -0.39 is 11.4 Å². The van der Waals surface area contributed by atoms with Gasteiger partial charge < -0.3 is 10.0 Å². The summed E-state index contributed by atoms with van der Waals surface area (Å²) in [6, 6.07) is 6.35. The van der Waals surface area contributed by atoms with E-state index in [0.717, 1.165) is 0 Å². The lowest BCUT2D eigenvalue weighted by Crippen LogP contribution is -2.31. The predicted molar refractivity (Wildman–Crippen MR) is 68.2 cm³/mol. The van der Waals surface area contributed by atoms with Crippen LogP contribution in [0.4, 0.5) is 10.1 Å². The Morgan fingerprint density at radius 2 is 2.35 bits per heavy atom. The number of aliphatic hydroxyl groups is 1. The van der Waals surface area contributed by atoms with Crippen LogP contribution in [0, 0.1) is 17.1 Å². The van der Waals surface area contributed by atoms with Crippen molar-refractivity contribution >= 4 is 5.69 Å². The fraction of sp³-hybridized carbons (Fsp3) is 0.308. The molecule has 0 aliphatic carbocycles. The van der Waals surface area contributed by atoms with Crippen molar-refractivity contribution < 1.29 is 9.50 Å². The van der Waals surface area contributed by atoms with Crippen LogP contribution in [0.25, 0.3) is 0 Å². The van der Waals surface area contributed by atoms with Crippen LogP contribution in [0.3, 0.4) is 0 Å². The molecule has 1 saturated heterocycles. The average Bonchev–Trinajstić information content (AvgIpc) is 3.08. The smallest absolute Gasteiger partial charge is 0.143 e. The summed E-state index contributed by atoms with van der Waals surface area (Å²) in [7, 11) is 0. The first-order valence-corrected chi connectivity index (χ1v) is 6.16. The molecule has 1 aromatic heterocycles. The van der Waals surface area contributed by atoms with Gasteiger partial charge in [-0.05, 0) is 12.1 Å². The Hall–Kier alpha value is -2.46. The summed E-state index contributed by atoms with van der Waals surface area (Å²) in [5.74, 6) is -0.554. The van der Waals surface area contributed by atoms with Gasteiger partial charge in [0.2, 0.25) is 0 Å². The topological polar surface area (TPSA) is 88.8 Å². The number of rotatable bonds is 2. The minimum atomic E-state index is -1.13. The fourth-order valence-electron chi connectivity index (χ4n) is 2.52. The number of hydrogen-bond donors (Lipinski definition) is 2. The number of anilines is 1. The van der Waals surface area contributed by atoms with Gasteiger partial charge in [-0.3, -0.25) is 0 Å². The molecule has 2 heterocycles. The molecule has 0 unspecified atom stereocenters. The van der Waals surface area contributed by atoms with Crippen molar-refractivity contribution in [3.05, 3.63) is 41.5 Å². The molecule has 0 bridgehead atoms. The molecule has 1 aliphatic rings. The molecule has 1 atom stereocenters. The van der Waals surface area contributed by atoms with Crippen molar-refractivity contribution in [2.75, 3.05) is 18.0 Å². The number of benzene rings is 1.